The Kier molecular flexibility index (Phi) is 6.95. The quantitative estimate of drug-likeness (QED) is 0.563. The molecule has 0 radical (unpaired) electrons. The van der Waals surface area contributed by atoms with Gasteiger partial charge in [-0.3, -0.25) is 15.2 Å². The number of aryl methyl sites for hydroxylation is 1. The number of carboxylic acid groups (broad SMARTS) is 1. The summed E-state index contributed by atoms with van der Waals surface area (Å²) in [5.74, 6) is -1.17. The molecule has 18 heavy (non-hydrogen) atoms. The van der Waals surface area contributed by atoms with Gasteiger partial charge in [0, 0.05) is 18.7 Å². The van der Waals surface area contributed by atoms with E-state index in [1.165, 1.54) is 12.3 Å². The van der Waals surface area contributed by atoms with Crippen molar-refractivity contribution in [1.82, 2.24) is 0 Å². The van der Waals surface area contributed by atoms with Gasteiger partial charge in [0.15, 0.2) is 0 Å². The van der Waals surface area contributed by atoms with E-state index in [1.807, 2.05) is 0 Å². The zero-order chi connectivity index (χ0) is 14.1. The molecule has 0 spiro atoms. The van der Waals surface area contributed by atoms with E-state index in [1.54, 1.807) is 19.1 Å². The molecule has 0 aliphatic heterocycles. The van der Waals surface area contributed by atoms with Gasteiger partial charge in [0.1, 0.15) is 11.7 Å². The second kappa shape index (κ2) is 7.94. The lowest BCUT2D eigenvalue weighted by atomic mass is 10.1. The van der Waals surface area contributed by atoms with Crippen LogP contribution in [0.4, 0.5) is 4.39 Å². The van der Waals surface area contributed by atoms with Crippen LogP contribution in [0.5, 0.6) is 0 Å². The van der Waals surface area contributed by atoms with Gasteiger partial charge in [0.25, 0.3) is 5.97 Å². The van der Waals surface area contributed by atoms with E-state index in [0.29, 0.717) is 5.56 Å². The minimum Gasteiger partial charge on any atom is -0.481 e. The molecule has 0 unspecified atom stereocenters. The normalized spacial score (nSPS) is 9.72. The van der Waals surface area contributed by atoms with Gasteiger partial charge in [0.2, 0.25) is 0 Å². The van der Waals surface area contributed by atoms with Gasteiger partial charge in [-0.25, -0.2) is 4.39 Å². The second-order valence-corrected chi connectivity index (χ2v) is 3.48. The third kappa shape index (κ3) is 7.10. The van der Waals surface area contributed by atoms with Crippen molar-refractivity contribution in [3.05, 3.63) is 35.1 Å². The van der Waals surface area contributed by atoms with Crippen LogP contribution in [0.3, 0.4) is 0 Å². The maximum Gasteiger partial charge on any atom is 0.300 e. The van der Waals surface area contributed by atoms with Gasteiger partial charge in [0.05, 0.1) is 6.54 Å². The molecule has 5 nitrogen and oxygen atoms in total. The fourth-order valence-corrected chi connectivity index (χ4v) is 1.04. The number of hydrogen-bond donors (Lipinski definition) is 3. The van der Waals surface area contributed by atoms with Gasteiger partial charge >= 0.3 is 0 Å². The van der Waals surface area contributed by atoms with Crippen LogP contribution in [-0.2, 0) is 4.79 Å². The Labute approximate surface area is 105 Å². The number of aliphatic imine (C=N–C) groups is 1. The highest BCUT2D eigenvalue weighted by Crippen LogP contribution is 2.09. The van der Waals surface area contributed by atoms with E-state index >= 15 is 0 Å². The van der Waals surface area contributed by atoms with E-state index in [2.05, 4.69) is 4.99 Å². The van der Waals surface area contributed by atoms with Crippen molar-refractivity contribution in [2.45, 2.75) is 13.8 Å². The van der Waals surface area contributed by atoms with E-state index in [-0.39, 0.29) is 18.2 Å². The summed E-state index contributed by atoms with van der Waals surface area (Å²) in [6.07, 6.45) is 1.41. The molecule has 0 amide bonds. The molecule has 0 heterocycles. The topological polar surface area (TPSA) is 99.5 Å². The summed E-state index contributed by atoms with van der Waals surface area (Å²) in [4.78, 5) is 12.8. The lowest BCUT2D eigenvalue weighted by Gasteiger charge is -2.00. The van der Waals surface area contributed by atoms with Gasteiger partial charge in [-0.15, -0.1) is 0 Å². The summed E-state index contributed by atoms with van der Waals surface area (Å²) >= 11 is 0. The number of hydrogen-bond acceptors (Lipinski definition) is 3. The molecule has 6 heteroatoms. The van der Waals surface area contributed by atoms with Crippen molar-refractivity contribution >= 4 is 18.0 Å². The number of rotatable bonds is 3. The Balaban J connectivity index is 0.000000631. The Hall–Kier alpha value is -2.24. The van der Waals surface area contributed by atoms with E-state index < -0.39 is 5.97 Å². The first-order chi connectivity index (χ1) is 8.34. The lowest BCUT2D eigenvalue weighted by molar-refractivity contribution is -0.134. The maximum absolute atomic E-state index is 13.2. The first kappa shape index (κ1) is 15.8. The number of nitrogens with one attached hydrogen (secondary N) is 1. The van der Waals surface area contributed by atoms with Crippen molar-refractivity contribution < 1.29 is 14.3 Å². The van der Waals surface area contributed by atoms with Crippen molar-refractivity contribution in [2.24, 2.45) is 10.7 Å². The summed E-state index contributed by atoms with van der Waals surface area (Å²) in [6.45, 7) is 2.99. The van der Waals surface area contributed by atoms with Crippen LogP contribution >= 0.6 is 0 Å². The summed E-state index contributed by atoms with van der Waals surface area (Å²) in [5, 5.41) is 14.4. The van der Waals surface area contributed by atoms with Gasteiger partial charge in [-0.05, 0) is 18.6 Å². The fraction of sp³-hybridized carbons (Fsp3) is 0.250. The van der Waals surface area contributed by atoms with Crippen LogP contribution in [0.2, 0.25) is 0 Å². The van der Waals surface area contributed by atoms with Gasteiger partial charge < -0.3 is 10.8 Å². The molecule has 4 N–H and O–H groups in total. The second-order valence-electron chi connectivity index (χ2n) is 3.48. The monoisotopic (exact) mass is 253 g/mol. The van der Waals surface area contributed by atoms with Crippen LogP contribution < -0.4 is 5.73 Å². The molecule has 0 atom stereocenters. The molecule has 0 aliphatic rings. The van der Waals surface area contributed by atoms with Crippen LogP contribution in [0.1, 0.15) is 18.1 Å². The van der Waals surface area contributed by atoms with Crippen LogP contribution in [0, 0.1) is 18.2 Å². The Morgan fingerprint density at radius 1 is 1.61 bits per heavy atom. The smallest absolute Gasteiger partial charge is 0.300 e. The van der Waals surface area contributed by atoms with Crippen molar-refractivity contribution in [3.63, 3.8) is 0 Å². The van der Waals surface area contributed by atoms with Crippen molar-refractivity contribution in [3.8, 4) is 0 Å². The zero-order valence-electron chi connectivity index (χ0n) is 10.3. The molecule has 0 saturated heterocycles. The number of halogens is 1. The van der Waals surface area contributed by atoms with Crippen LogP contribution in [0.25, 0.3) is 0 Å². The summed E-state index contributed by atoms with van der Waals surface area (Å²) < 4.78 is 13.2. The summed E-state index contributed by atoms with van der Waals surface area (Å²) in [7, 11) is 0. The van der Waals surface area contributed by atoms with E-state index in [0.717, 1.165) is 12.5 Å². The number of aliphatic carboxylic acids is 1. The predicted molar refractivity (Wildman–Crippen MR) is 68.8 cm³/mol. The molecule has 1 aromatic rings. The molecule has 1 rings (SSSR count). The summed E-state index contributed by atoms with van der Waals surface area (Å²) in [5.41, 5.74) is 6.38. The molecule has 0 aromatic heterocycles. The number of nitrogens with zero attached hydrogens (tertiary/aromatic N) is 1. The highest BCUT2D eigenvalue weighted by molar-refractivity contribution is 5.85. The largest absolute Gasteiger partial charge is 0.481 e. The fourth-order valence-electron chi connectivity index (χ4n) is 1.04. The van der Waals surface area contributed by atoms with Crippen LogP contribution in [0.15, 0.2) is 23.2 Å². The first-order valence-corrected chi connectivity index (χ1v) is 5.12. The van der Waals surface area contributed by atoms with Gasteiger partial charge in [-0.1, -0.05) is 12.1 Å². The standard InChI is InChI=1S/C10H12FN3.C2H4O2/c1-7-3-2-4-9(11)8(7)5-14-6-10(12)13;1-2(3)4/h2-5H,6H2,1H3,(H3,12,13);1H3,(H,3,4). The Morgan fingerprint density at radius 3 is 2.61 bits per heavy atom. The van der Waals surface area contributed by atoms with Crippen molar-refractivity contribution in [1.29, 1.82) is 5.41 Å². The number of benzene rings is 1. The lowest BCUT2D eigenvalue weighted by Crippen LogP contribution is -2.13. The zero-order valence-corrected chi connectivity index (χ0v) is 10.3. The average Bonchev–Trinajstić information content (AvgIpc) is 2.21. The molecule has 98 valence electrons. The van der Waals surface area contributed by atoms with Crippen molar-refractivity contribution in [2.75, 3.05) is 6.54 Å². The third-order valence-corrected chi connectivity index (χ3v) is 1.75. The first-order valence-electron chi connectivity index (χ1n) is 5.12. The molecule has 0 aliphatic carbocycles. The van der Waals surface area contributed by atoms with Gasteiger partial charge in [-0.2, -0.15) is 0 Å². The average molecular weight is 253 g/mol. The minimum absolute atomic E-state index is 0.0322. The predicted octanol–water partition coefficient (Wildman–Crippen LogP) is 1.58. The Morgan fingerprint density at radius 2 is 2.17 bits per heavy atom. The maximum atomic E-state index is 13.2. The molecular weight excluding hydrogens is 237 g/mol. The number of amidine groups is 1. The number of nitrogens with two attached hydrogens (primary N) is 1. The highest BCUT2D eigenvalue weighted by atomic mass is 19.1. The molecule has 0 bridgehead atoms. The summed E-state index contributed by atoms with van der Waals surface area (Å²) in [6, 6.07) is 4.83. The molecular formula is C12H16FN3O2. The third-order valence-electron chi connectivity index (χ3n) is 1.75. The molecule has 0 fully saturated rings. The van der Waals surface area contributed by atoms with E-state index in [9.17, 15) is 4.39 Å². The Bertz CT molecular complexity index is 434. The van der Waals surface area contributed by atoms with E-state index in [4.69, 9.17) is 21.0 Å². The number of carbonyl (C=O) groups is 1. The minimum atomic E-state index is -0.833. The number of carboxylic acids is 1. The SMILES string of the molecule is CC(=O)O.Cc1cccc(F)c1C=NCC(=N)N. The molecule has 0 saturated carbocycles. The highest BCUT2D eigenvalue weighted by Gasteiger charge is 2.00. The van der Waals surface area contributed by atoms with Crippen LogP contribution in [-0.4, -0.2) is 29.7 Å². The molecule has 1 aromatic carbocycles.